The van der Waals surface area contributed by atoms with Crippen molar-refractivity contribution in [2.24, 2.45) is 0 Å². The molecule has 0 aromatic heterocycles. The van der Waals surface area contributed by atoms with Crippen LogP contribution < -0.4 is 0 Å². The number of carboxylic acids is 1. The molecule has 3 heteroatoms. The van der Waals surface area contributed by atoms with Crippen molar-refractivity contribution in [1.82, 2.24) is 0 Å². The van der Waals surface area contributed by atoms with E-state index in [1.54, 1.807) is 30.3 Å². The van der Waals surface area contributed by atoms with Gasteiger partial charge in [-0.25, -0.2) is 4.79 Å². The number of aromatic carboxylic acids is 1. The van der Waals surface area contributed by atoms with Gasteiger partial charge in [-0.05, 0) is 35.0 Å². The summed E-state index contributed by atoms with van der Waals surface area (Å²) in [6, 6.07) is 12.0. The molecule has 2 aromatic carbocycles. The zero-order chi connectivity index (χ0) is 10.8. The van der Waals surface area contributed by atoms with Crippen molar-refractivity contribution < 1.29 is 9.90 Å². The predicted molar refractivity (Wildman–Crippen MR) is 55.6 cm³/mol. The lowest BCUT2D eigenvalue weighted by atomic mass is 10.0. The number of hydrogen-bond acceptors (Lipinski definition) is 2. The van der Waals surface area contributed by atoms with Crippen molar-refractivity contribution in [3.63, 3.8) is 0 Å². The molecule has 0 heterocycles. The molecule has 0 saturated carbocycles. The Morgan fingerprint density at radius 3 is 2.47 bits per heavy atom. The number of benzene rings is 2. The Hall–Kier alpha value is -2.34. The second kappa shape index (κ2) is 3.43. The average molecular weight is 197 g/mol. The highest BCUT2D eigenvalue weighted by atomic mass is 16.4. The summed E-state index contributed by atoms with van der Waals surface area (Å²) in [7, 11) is 0. The van der Waals surface area contributed by atoms with E-state index in [1.807, 2.05) is 6.07 Å². The molecule has 0 atom stereocenters. The van der Waals surface area contributed by atoms with E-state index >= 15 is 0 Å². The molecule has 0 bridgehead atoms. The van der Waals surface area contributed by atoms with E-state index in [9.17, 15) is 4.79 Å². The molecular formula is C12H7NO2. The maximum Gasteiger partial charge on any atom is 0.335 e. The maximum atomic E-state index is 10.7. The Morgan fingerprint density at radius 2 is 1.80 bits per heavy atom. The van der Waals surface area contributed by atoms with E-state index in [4.69, 9.17) is 10.4 Å². The molecule has 0 unspecified atom stereocenters. The highest BCUT2D eigenvalue weighted by molar-refractivity contribution is 5.94. The van der Waals surface area contributed by atoms with E-state index in [0.29, 0.717) is 5.56 Å². The monoisotopic (exact) mass is 197 g/mol. The third kappa shape index (κ3) is 1.65. The standard InChI is InChI=1S/C12H7NO2/c13-7-8-1-2-10-6-11(12(14)15)4-3-9(10)5-8/h1-6H,(H,14,15). The fraction of sp³-hybridized carbons (Fsp3) is 0. The summed E-state index contributed by atoms with van der Waals surface area (Å²) < 4.78 is 0. The predicted octanol–water partition coefficient (Wildman–Crippen LogP) is 2.41. The fourth-order valence-electron chi connectivity index (χ4n) is 1.45. The molecule has 1 N–H and O–H groups in total. The van der Waals surface area contributed by atoms with Gasteiger partial charge in [0.25, 0.3) is 0 Å². The highest BCUT2D eigenvalue weighted by Gasteiger charge is 2.03. The Morgan fingerprint density at radius 1 is 1.13 bits per heavy atom. The van der Waals surface area contributed by atoms with Crippen molar-refractivity contribution in [3.8, 4) is 6.07 Å². The summed E-state index contributed by atoms with van der Waals surface area (Å²) >= 11 is 0. The van der Waals surface area contributed by atoms with Crippen molar-refractivity contribution in [2.45, 2.75) is 0 Å². The van der Waals surface area contributed by atoms with Gasteiger partial charge in [0.15, 0.2) is 0 Å². The van der Waals surface area contributed by atoms with Crippen LogP contribution in [0.4, 0.5) is 0 Å². The van der Waals surface area contributed by atoms with Gasteiger partial charge < -0.3 is 5.11 Å². The number of carbonyl (C=O) groups is 1. The van der Waals surface area contributed by atoms with Gasteiger partial charge in [0.2, 0.25) is 0 Å². The number of hydrogen-bond donors (Lipinski definition) is 1. The SMILES string of the molecule is N#Cc1ccc2cc(C(=O)O)ccc2c1. The lowest BCUT2D eigenvalue weighted by Gasteiger charge is -1.99. The first kappa shape index (κ1) is 9.22. The van der Waals surface area contributed by atoms with Gasteiger partial charge in [0, 0.05) is 0 Å². The van der Waals surface area contributed by atoms with Crippen LogP contribution in [-0.2, 0) is 0 Å². The number of fused-ring (bicyclic) bond motifs is 1. The number of rotatable bonds is 1. The normalized spacial score (nSPS) is 9.80. The summed E-state index contributed by atoms with van der Waals surface area (Å²) in [4.78, 5) is 10.7. The Bertz CT molecular complexity index is 582. The van der Waals surface area contributed by atoms with Crippen LogP contribution in [0.5, 0.6) is 0 Å². The smallest absolute Gasteiger partial charge is 0.335 e. The Kier molecular flexibility index (Phi) is 2.11. The molecule has 72 valence electrons. The minimum Gasteiger partial charge on any atom is -0.478 e. The largest absolute Gasteiger partial charge is 0.478 e. The molecule has 2 rings (SSSR count). The maximum absolute atomic E-state index is 10.7. The van der Waals surface area contributed by atoms with Crippen LogP contribution in [0.2, 0.25) is 0 Å². The van der Waals surface area contributed by atoms with E-state index in [1.165, 1.54) is 6.07 Å². The molecule has 0 aliphatic carbocycles. The van der Waals surface area contributed by atoms with Crippen molar-refractivity contribution in [3.05, 3.63) is 47.5 Å². The number of nitrogens with zero attached hydrogens (tertiary/aromatic N) is 1. The lowest BCUT2D eigenvalue weighted by molar-refractivity contribution is 0.0697. The van der Waals surface area contributed by atoms with E-state index in [2.05, 4.69) is 0 Å². The Labute approximate surface area is 86.2 Å². The van der Waals surface area contributed by atoms with Gasteiger partial charge in [-0.3, -0.25) is 0 Å². The van der Waals surface area contributed by atoms with Gasteiger partial charge in [-0.15, -0.1) is 0 Å². The van der Waals surface area contributed by atoms with Gasteiger partial charge in [-0.2, -0.15) is 5.26 Å². The highest BCUT2D eigenvalue weighted by Crippen LogP contribution is 2.17. The molecule has 0 saturated heterocycles. The van der Waals surface area contributed by atoms with Crippen molar-refractivity contribution >= 4 is 16.7 Å². The summed E-state index contributed by atoms with van der Waals surface area (Å²) in [5, 5.41) is 19.2. The van der Waals surface area contributed by atoms with Crippen LogP contribution in [0.1, 0.15) is 15.9 Å². The Balaban J connectivity index is 2.66. The van der Waals surface area contributed by atoms with E-state index in [-0.39, 0.29) is 5.56 Å². The van der Waals surface area contributed by atoms with Crippen LogP contribution >= 0.6 is 0 Å². The van der Waals surface area contributed by atoms with Gasteiger partial charge >= 0.3 is 5.97 Å². The van der Waals surface area contributed by atoms with Gasteiger partial charge in [-0.1, -0.05) is 12.1 Å². The second-order valence-corrected chi connectivity index (χ2v) is 3.19. The molecule has 3 nitrogen and oxygen atoms in total. The molecule has 0 fully saturated rings. The van der Waals surface area contributed by atoms with Crippen LogP contribution in [0.25, 0.3) is 10.8 Å². The first-order valence-corrected chi connectivity index (χ1v) is 4.38. The molecule has 0 aliphatic heterocycles. The minimum atomic E-state index is -0.943. The summed E-state index contributed by atoms with van der Waals surface area (Å²) in [5.74, 6) is -0.943. The van der Waals surface area contributed by atoms with Gasteiger partial charge in [0.05, 0.1) is 17.2 Å². The second-order valence-electron chi connectivity index (χ2n) is 3.19. The van der Waals surface area contributed by atoms with E-state index in [0.717, 1.165) is 10.8 Å². The fourth-order valence-corrected chi connectivity index (χ4v) is 1.45. The zero-order valence-electron chi connectivity index (χ0n) is 7.77. The van der Waals surface area contributed by atoms with Crippen LogP contribution in [0, 0.1) is 11.3 Å². The number of nitriles is 1. The van der Waals surface area contributed by atoms with Crippen LogP contribution in [0.3, 0.4) is 0 Å². The van der Waals surface area contributed by atoms with E-state index < -0.39 is 5.97 Å². The summed E-state index contributed by atoms with van der Waals surface area (Å²) in [6.45, 7) is 0. The number of carboxylic acid groups (broad SMARTS) is 1. The quantitative estimate of drug-likeness (QED) is 0.763. The molecule has 0 spiro atoms. The lowest BCUT2D eigenvalue weighted by Crippen LogP contribution is -1.95. The first-order valence-electron chi connectivity index (χ1n) is 4.38. The summed E-state index contributed by atoms with van der Waals surface area (Å²) in [6.07, 6.45) is 0. The average Bonchev–Trinajstić information content (AvgIpc) is 2.27. The first-order chi connectivity index (χ1) is 7.20. The summed E-state index contributed by atoms with van der Waals surface area (Å²) in [5.41, 5.74) is 0.831. The minimum absolute atomic E-state index is 0.257. The third-order valence-corrected chi connectivity index (χ3v) is 2.22. The molecule has 0 aliphatic rings. The van der Waals surface area contributed by atoms with Gasteiger partial charge in [0.1, 0.15) is 0 Å². The molecule has 0 radical (unpaired) electrons. The van der Waals surface area contributed by atoms with Crippen LogP contribution in [0.15, 0.2) is 36.4 Å². The van der Waals surface area contributed by atoms with Crippen LogP contribution in [-0.4, -0.2) is 11.1 Å². The molecule has 2 aromatic rings. The zero-order valence-corrected chi connectivity index (χ0v) is 7.77. The van der Waals surface area contributed by atoms with Crippen molar-refractivity contribution in [1.29, 1.82) is 5.26 Å². The van der Waals surface area contributed by atoms with Crippen molar-refractivity contribution in [2.75, 3.05) is 0 Å². The molecule has 15 heavy (non-hydrogen) atoms. The molecule has 0 amide bonds. The topological polar surface area (TPSA) is 61.1 Å². The molecular weight excluding hydrogens is 190 g/mol. The third-order valence-electron chi connectivity index (χ3n) is 2.22.